The summed E-state index contributed by atoms with van der Waals surface area (Å²) in [5, 5.41) is 0. The van der Waals surface area contributed by atoms with Gasteiger partial charge in [-0.3, -0.25) is 4.79 Å². The number of methoxy groups -OCH3 is 1. The van der Waals surface area contributed by atoms with Crippen molar-refractivity contribution >= 4 is 17.4 Å². The van der Waals surface area contributed by atoms with Gasteiger partial charge in [0.25, 0.3) is 0 Å². The van der Waals surface area contributed by atoms with E-state index < -0.39 is 0 Å². The summed E-state index contributed by atoms with van der Waals surface area (Å²) in [5.74, 6) is 1.22. The van der Waals surface area contributed by atoms with Crippen molar-refractivity contribution in [3.05, 3.63) is 42.0 Å². The highest BCUT2D eigenvalue weighted by Gasteiger charge is 1.99. The molecule has 1 aromatic rings. The number of carbonyl (C=O) groups excluding carboxylic acids is 1. The monoisotopic (exact) mass is 224 g/mol. The van der Waals surface area contributed by atoms with E-state index in [0.717, 1.165) is 11.3 Å². The molecule has 1 rings (SSSR count). The molecule has 0 aliphatic heterocycles. The van der Waals surface area contributed by atoms with Crippen LogP contribution in [0.3, 0.4) is 0 Å². The molecule has 0 radical (unpaired) electrons. The van der Waals surface area contributed by atoms with Gasteiger partial charge < -0.3 is 4.74 Å². The molecule has 15 heavy (non-hydrogen) atoms. The molecular formula is C12H13ClO2. The van der Waals surface area contributed by atoms with Gasteiger partial charge in [0.1, 0.15) is 5.75 Å². The second-order valence-electron chi connectivity index (χ2n) is 3.05. The lowest BCUT2D eigenvalue weighted by atomic mass is 10.1. The normalized spacial score (nSPS) is 10.5. The second-order valence-corrected chi connectivity index (χ2v) is 3.36. The van der Waals surface area contributed by atoms with Crippen molar-refractivity contribution in [2.45, 2.75) is 6.42 Å². The molecule has 0 saturated carbocycles. The maximum atomic E-state index is 11.3. The average molecular weight is 225 g/mol. The van der Waals surface area contributed by atoms with Gasteiger partial charge in [0.15, 0.2) is 5.78 Å². The smallest absolute Gasteiger partial charge is 0.159 e. The lowest BCUT2D eigenvalue weighted by molar-refractivity contribution is -0.114. The number of carbonyl (C=O) groups is 1. The molecule has 0 aliphatic rings. The fourth-order valence-electron chi connectivity index (χ4n) is 1.18. The Balaban J connectivity index is 2.57. The number of alkyl halides is 1. The SMILES string of the molecule is COc1ccc(CC(=O)/C=C/CCl)cc1. The highest BCUT2D eigenvalue weighted by molar-refractivity contribution is 6.19. The van der Waals surface area contributed by atoms with Crippen molar-refractivity contribution in [3.63, 3.8) is 0 Å². The first-order valence-corrected chi connectivity index (χ1v) is 5.18. The summed E-state index contributed by atoms with van der Waals surface area (Å²) in [6, 6.07) is 7.44. The largest absolute Gasteiger partial charge is 0.497 e. The lowest BCUT2D eigenvalue weighted by Gasteiger charge is -2.01. The van der Waals surface area contributed by atoms with Crippen LogP contribution < -0.4 is 4.74 Å². The van der Waals surface area contributed by atoms with Crippen LogP contribution >= 0.6 is 11.6 Å². The first kappa shape index (κ1) is 11.8. The molecule has 0 spiro atoms. The zero-order valence-electron chi connectivity index (χ0n) is 8.57. The van der Waals surface area contributed by atoms with E-state index in [4.69, 9.17) is 16.3 Å². The molecule has 0 atom stereocenters. The Kier molecular flexibility index (Phi) is 4.91. The van der Waals surface area contributed by atoms with E-state index in [9.17, 15) is 4.79 Å². The first-order chi connectivity index (χ1) is 7.26. The molecule has 0 aliphatic carbocycles. The van der Waals surface area contributed by atoms with E-state index in [2.05, 4.69) is 0 Å². The molecule has 0 bridgehead atoms. The van der Waals surface area contributed by atoms with Crippen LogP contribution in [0.5, 0.6) is 5.75 Å². The molecule has 2 nitrogen and oxygen atoms in total. The van der Waals surface area contributed by atoms with Gasteiger partial charge in [-0.05, 0) is 23.8 Å². The van der Waals surface area contributed by atoms with Crippen LogP contribution in [-0.2, 0) is 11.2 Å². The third-order valence-corrected chi connectivity index (χ3v) is 2.11. The summed E-state index contributed by atoms with van der Waals surface area (Å²) in [6.45, 7) is 0. The maximum Gasteiger partial charge on any atom is 0.159 e. The third-order valence-electron chi connectivity index (χ3n) is 1.93. The van der Waals surface area contributed by atoms with E-state index in [-0.39, 0.29) is 5.78 Å². The van der Waals surface area contributed by atoms with Gasteiger partial charge in [0, 0.05) is 12.3 Å². The highest BCUT2D eigenvalue weighted by Crippen LogP contribution is 2.11. The van der Waals surface area contributed by atoms with Crippen LogP contribution in [0.4, 0.5) is 0 Å². The quantitative estimate of drug-likeness (QED) is 0.568. The Morgan fingerprint density at radius 1 is 1.40 bits per heavy atom. The lowest BCUT2D eigenvalue weighted by Crippen LogP contribution is -1.98. The van der Waals surface area contributed by atoms with Gasteiger partial charge in [-0.2, -0.15) is 0 Å². The number of ether oxygens (including phenoxy) is 1. The Morgan fingerprint density at radius 3 is 2.60 bits per heavy atom. The van der Waals surface area contributed by atoms with Crippen molar-refractivity contribution in [3.8, 4) is 5.75 Å². The summed E-state index contributed by atoms with van der Waals surface area (Å²) in [7, 11) is 1.61. The van der Waals surface area contributed by atoms with Gasteiger partial charge in [0.2, 0.25) is 0 Å². The Labute approximate surface area is 94.5 Å². The van der Waals surface area contributed by atoms with Gasteiger partial charge in [-0.15, -0.1) is 11.6 Å². The van der Waals surface area contributed by atoms with Crippen molar-refractivity contribution in [2.75, 3.05) is 13.0 Å². The van der Waals surface area contributed by atoms with E-state index in [1.165, 1.54) is 6.08 Å². The summed E-state index contributed by atoms with van der Waals surface area (Å²) in [6.07, 6.45) is 3.56. The predicted molar refractivity (Wildman–Crippen MR) is 61.6 cm³/mol. The van der Waals surface area contributed by atoms with Crippen molar-refractivity contribution in [2.24, 2.45) is 0 Å². The maximum absolute atomic E-state index is 11.3. The number of halogens is 1. The Morgan fingerprint density at radius 2 is 2.07 bits per heavy atom. The van der Waals surface area contributed by atoms with E-state index in [0.29, 0.717) is 12.3 Å². The molecule has 0 fully saturated rings. The predicted octanol–water partition coefficient (Wildman–Crippen LogP) is 2.60. The van der Waals surface area contributed by atoms with Crippen molar-refractivity contribution in [1.29, 1.82) is 0 Å². The topological polar surface area (TPSA) is 26.3 Å². The van der Waals surface area contributed by atoms with Crippen LogP contribution in [0.1, 0.15) is 5.56 Å². The number of rotatable bonds is 5. The fraction of sp³-hybridized carbons (Fsp3) is 0.250. The first-order valence-electron chi connectivity index (χ1n) is 4.64. The van der Waals surface area contributed by atoms with Gasteiger partial charge >= 0.3 is 0 Å². The minimum atomic E-state index is 0.0563. The van der Waals surface area contributed by atoms with Gasteiger partial charge in [-0.1, -0.05) is 18.2 Å². The van der Waals surface area contributed by atoms with E-state index in [1.807, 2.05) is 24.3 Å². The molecule has 0 saturated heterocycles. The number of allylic oxidation sites excluding steroid dienone is 2. The highest BCUT2D eigenvalue weighted by atomic mass is 35.5. The molecule has 0 aromatic heterocycles. The van der Waals surface area contributed by atoms with Gasteiger partial charge in [-0.25, -0.2) is 0 Å². The average Bonchev–Trinajstić information content (AvgIpc) is 2.27. The molecule has 0 amide bonds. The zero-order chi connectivity index (χ0) is 11.1. The Bertz CT molecular complexity index is 341. The van der Waals surface area contributed by atoms with Gasteiger partial charge in [0.05, 0.1) is 7.11 Å². The van der Waals surface area contributed by atoms with Crippen LogP contribution in [0.15, 0.2) is 36.4 Å². The van der Waals surface area contributed by atoms with Crippen molar-refractivity contribution in [1.82, 2.24) is 0 Å². The Hall–Kier alpha value is -1.28. The molecular weight excluding hydrogens is 212 g/mol. The third kappa shape index (κ3) is 4.17. The number of ketones is 1. The number of benzene rings is 1. The molecule has 0 heterocycles. The van der Waals surface area contributed by atoms with Crippen LogP contribution in [0.2, 0.25) is 0 Å². The van der Waals surface area contributed by atoms with E-state index in [1.54, 1.807) is 13.2 Å². The molecule has 0 unspecified atom stereocenters. The number of hydrogen-bond donors (Lipinski definition) is 0. The minimum absolute atomic E-state index is 0.0563. The zero-order valence-corrected chi connectivity index (χ0v) is 9.33. The molecule has 0 N–H and O–H groups in total. The molecule has 3 heteroatoms. The van der Waals surface area contributed by atoms with Crippen LogP contribution in [-0.4, -0.2) is 18.8 Å². The summed E-state index contributed by atoms with van der Waals surface area (Å²) in [5.41, 5.74) is 0.972. The summed E-state index contributed by atoms with van der Waals surface area (Å²) in [4.78, 5) is 11.3. The number of hydrogen-bond acceptors (Lipinski definition) is 2. The molecule has 1 aromatic carbocycles. The summed E-state index contributed by atoms with van der Waals surface area (Å²) < 4.78 is 5.02. The molecule has 80 valence electrons. The standard InChI is InChI=1S/C12H13ClO2/c1-15-12-6-4-10(5-7-12)9-11(14)3-2-8-13/h2-7H,8-9H2,1H3/b3-2+. The fourth-order valence-corrected chi connectivity index (χ4v) is 1.27. The minimum Gasteiger partial charge on any atom is -0.497 e. The van der Waals surface area contributed by atoms with E-state index >= 15 is 0 Å². The van der Waals surface area contributed by atoms with Crippen molar-refractivity contribution < 1.29 is 9.53 Å². The second kappa shape index (κ2) is 6.25. The summed E-state index contributed by atoms with van der Waals surface area (Å²) >= 11 is 5.43. The van der Waals surface area contributed by atoms with Crippen LogP contribution in [0.25, 0.3) is 0 Å². The van der Waals surface area contributed by atoms with Crippen LogP contribution in [0, 0.1) is 0 Å².